The lowest BCUT2D eigenvalue weighted by Gasteiger charge is -2.25. The summed E-state index contributed by atoms with van der Waals surface area (Å²) in [4.78, 5) is 22.8. The number of hydrogen-bond donors (Lipinski definition) is 4. The third-order valence-corrected chi connectivity index (χ3v) is 11.7. The fourth-order valence-electron chi connectivity index (χ4n) is 7.01. The van der Waals surface area contributed by atoms with Gasteiger partial charge in [0.05, 0.1) is 25.4 Å². The molecule has 0 aliphatic rings. The fraction of sp³-hybridized carbons (Fsp3) is 0.717. The Labute approximate surface area is 381 Å². The molecule has 62 heavy (non-hydrogen) atoms. The SMILES string of the molecule is CC/C=C\C/C=C\C/C=C\C/C=C\C/C=C\C/C=C\C/C=C\CCCC(=O)NC(COP(=O)(O)OCCN)C(O)CCCCCCCCCCCCCCCCCCCCCC. The summed E-state index contributed by atoms with van der Waals surface area (Å²) in [6, 6.07) is -0.812. The van der Waals surface area contributed by atoms with Gasteiger partial charge in [0, 0.05) is 13.0 Å². The highest BCUT2D eigenvalue weighted by Gasteiger charge is 2.27. The molecule has 0 rings (SSSR count). The Morgan fingerprint density at radius 2 is 0.919 bits per heavy atom. The van der Waals surface area contributed by atoms with Crippen molar-refractivity contribution in [1.29, 1.82) is 0 Å². The third kappa shape index (κ3) is 45.7. The highest BCUT2D eigenvalue weighted by molar-refractivity contribution is 7.47. The molecule has 0 spiro atoms. The van der Waals surface area contributed by atoms with Gasteiger partial charge < -0.3 is 21.1 Å². The zero-order valence-electron chi connectivity index (χ0n) is 39.8. The molecule has 0 saturated carbocycles. The number of amides is 1. The van der Waals surface area contributed by atoms with Crippen LogP contribution in [-0.4, -0.2) is 47.8 Å². The van der Waals surface area contributed by atoms with Crippen molar-refractivity contribution in [2.24, 2.45) is 5.73 Å². The van der Waals surface area contributed by atoms with Crippen molar-refractivity contribution in [1.82, 2.24) is 5.32 Å². The van der Waals surface area contributed by atoms with E-state index < -0.39 is 20.0 Å². The van der Waals surface area contributed by atoms with Gasteiger partial charge in [-0.05, 0) is 64.2 Å². The van der Waals surface area contributed by atoms with Crippen LogP contribution in [-0.2, 0) is 18.4 Å². The van der Waals surface area contributed by atoms with Gasteiger partial charge in [-0.2, -0.15) is 0 Å². The van der Waals surface area contributed by atoms with E-state index >= 15 is 0 Å². The first-order valence-corrected chi connectivity index (χ1v) is 26.7. The summed E-state index contributed by atoms with van der Waals surface area (Å²) in [6.07, 6.45) is 64.7. The molecular formula is C53H95N2O6P. The average Bonchev–Trinajstić information content (AvgIpc) is 3.26. The molecule has 8 nitrogen and oxygen atoms in total. The maximum atomic E-state index is 12.8. The van der Waals surface area contributed by atoms with Gasteiger partial charge in [-0.25, -0.2) is 4.57 Å². The number of carbonyl (C=O) groups is 1. The predicted octanol–water partition coefficient (Wildman–Crippen LogP) is 15.0. The van der Waals surface area contributed by atoms with Gasteiger partial charge in [0.15, 0.2) is 0 Å². The van der Waals surface area contributed by atoms with Crippen molar-refractivity contribution in [3.63, 3.8) is 0 Å². The smallest absolute Gasteiger partial charge is 0.391 e. The summed E-state index contributed by atoms with van der Waals surface area (Å²) < 4.78 is 22.3. The van der Waals surface area contributed by atoms with Crippen molar-refractivity contribution in [2.75, 3.05) is 19.8 Å². The second-order valence-electron chi connectivity index (χ2n) is 16.6. The van der Waals surface area contributed by atoms with E-state index in [2.05, 4.69) is 104 Å². The molecule has 1 amide bonds. The molecule has 5 N–H and O–H groups in total. The number of nitrogens with two attached hydrogens (primary N) is 1. The summed E-state index contributed by atoms with van der Waals surface area (Å²) in [6.45, 7) is 4.06. The highest BCUT2D eigenvalue weighted by Crippen LogP contribution is 2.43. The highest BCUT2D eigenvalue weighted by atomic mass is 31.2. The molecule has 0 heterocycles. The number of unbranched alkanes of at least 4 members (excludes halogenated alkanes) is 20. The van der Waals surface area contributed by atoms with Crippen LogP contribution in [0.3, 0.4) is 0 Å². The van der Waals surface area contributed by atoms with Crippen LogP contribution in [0.4, 0.5) is 0 Å². The largest absolute Gasteiger partial charge is 0.472 e. The Balaban J connectivity index is 4.21. The van der Waals surface area contributed by atoms with Crippen LogP contribution < -0.4 is 11.1 Å². The summed E-state index contributed by atoms with van der Waals surface area (Å²) in [5, 5.41) is 13.8. The number of nitrogens with one attached hydrogen (secondary N) is 1. The van der Waals surface area contributed by atoms with Gasteiger partial charge in [-0.1, -0.05) is 227 Å². The monoisotopic (exact) mass is 887 g/mol. The number of allylic oxidation sites excluding steroid dienone is 14. The van der Waals surface area contributed by atoms with Gasteiger partial charge in [-0.3, -0.25) is 13.8 Å². The zero-order valence-corrected chi connectivity index (χ0v) is 40.7. The first-order valence-electron chi connectivity index (χ1n) is 25.2. The van der Waals surface area contributed by atoms with Crippen molar-refractivity contribution >= 4 is 13.7 Å². The molecule has 0 aliphatic carbocycles. The Morgan fingerprint density at radius 1 is 0.548 bits per heavy atom. The number of phosphoric acid groups is 1. The van der Waals surface area contributed by atoms with Crippen LogP contribution >= 0.6 is 7.82 Å². The Morgan fingerprint density at radius 3 is 1.31 bits per heavy atom. The second kappa shape index (κ2) is 48.1. The standard InChI is InChI=1S/C53H95N2O6P/c1-3-5-7-9-11-13-15-17-19-21-23-25-26-27-29-31-33-35-37-39-41-43-45-47-53(57)55-51(50-61-62(58,59)60-49-48-54)52(56)46-44-42-40-38-36-34-32-30-28-24-22-20-18-16-14-12-10-8-6-4-2/h5,7,11,13,17,19,23,25,27,29,33,35,39,41,51-52,56H,3-4,6,8-10,12,14-16,18,20-22,24,26,28,30-32,34,36-38,40,42-50,54H2,1-2H3,(H,55,57)(H,58,59)/b7-5-,13-11-,19-17-,25-23-,29-27-,35-33-,41-39-. The van der Waals surface area contributed by atoms with Crippen LogP contribution in [0.2, 0.25) is 0 Å². The van der Waals surface area contributed by atoms with E-state index in [9.17, 15) is 19.4 Å². The van der Waals surface area contributed by atoms with E-state index in [1.54, 1.807) is 0 Å². The van der Waals surface area contributed by atoms with Crippen LogP contribution in [0.1, 0.15) is 213 Å². The molecule has 0 aromatic rings. The predicted molar refractivity (Wildman–Crippen MR) is 267 cm³/mol. The Kier molecular flexibility index (Phi) is 46.3. The number of aliphatic hydroxyl groups excluding tert-OH is 1. The Hall–Kier alpha value is -2.32. The number of rotatable bonds is 46. The van der Waals surface area contributed by atoms with E-state index in [1.807, 2.05) is 0 Å². The zero-order chi connectivity index (χ0) is 45.3. The average molecular weight is 887 g/mol. The van der Waals surface area contributed by atoms with E-state index in [4.69, 9.17) is 14.8 Å². The molecule has 0 aromatic carbocycles. The van der Waals surface area contributed by atoms with Gasteiger partial charge >= 0.3 is 7.82 Å². The number of hydrogen-bond acceptors (Lipinski definition) is 6. The normalized spacial score (nSPS) is 14.6. The van der Waals surface area contributed by atoms with Crippen molar-refractivity contribution in [3.8, 4) is 0 Å². The summed E-state index contributed by atoms with van der Waals surface area (Å²) in [5.74, 6) is -0.220. The quantitative estimate of drug-likeness (QED) is 0.0272. The molecule has 0 bridgehead atoms. The first kappa shape index (κ1) is 59.7. The minimum atomic E-state index is -4.34. The number of aliphatic hydroxyl groups is 1. The van der Waals surface area contributed by atoms with Crippen molar-refractivity contribution < 1.29 is 28.4 Å². The molecule has 0 aliphatic heterocycles. The van der Waals surface area contributed by atoms with Gasteiger partial charge in [-0.15, -0.1) is 0 Å². The topological polar surface area (TPSA) is 131 Å². The van der Waals surface area contributed by atoms with Gasteiger partial charge in [0.25, 0.3) is 0 Å². The summed E-state index contributed by atoms with van der Waals surface area (Å²) in [5.41, 5.74) is 5.39. The van der Waals surface area contributed by atoms with E-state index in [1.165, 1.54) is 109 Å². The molecule has 0 saturated heterocycles. The van der Waals surface area contributed by atoms with E-state index in [-0.39, 0.29) is 32.1 Å². The lowest BCUT2D eigenvalue weighted by molar-refractivity contribution is -0.123. The first-order chi connectivity index (χ1) is 30.4. The van der Waals surface area contributed by atoms with E-state index in [0.717, 1.165) is 70.6 Å². The van der Waals surface area contributed by atoms with Gasteiger partial charge in [0.2, 0.25) is 5.91 Å². The van der Waals surface area contributed by atoms with Crippen LogP contribution in [0.15, 0.2) is 85.1 Å². The molecule has 9 heteroatoms. The molecule has 0 aromatic heterocycles. The van der Waals surface area contributed by atoms with Crippen LogP contribution in [0.25, 0.3) is 0 Å². The van der Waals surface area contributed by atoms with Crippen molar-refractivity contribution in [3.05, 3.63) is 85.1 Å². The third-order valence-electron chi connectivity index (χ3n) is 10.8. The summed E-state index contributed by atoms with van der Waals surface area (Å²) >= 11 is 0. The molecule has 3 unspecified atom stereocenters. The van der Waals surface area contributed by atoms with Crippen LogP contribution in [0, 0.1) is 0 Å². The minimum absolute atomic E-state index is 0.0754. The Bertz CT molecular complexity index is 1240. The molecule has 0 radical (unpaired) electrons. The molecule has 3 atom stereocenters. The lowest BCUT2D eigenvalue weighted by atomic mass is 10.0. The van der Waals surface area contributed by atoms with E-state index in [0.29, 0.717) is 12.8 Å². The summed E-state index contributed by atoms with van der Waals surface area (Å²) in [7, 11) is -4.34. The van der Waals surface area contributed by atoms with Gasteiger partial charge in [0.1, 0.15) is 0 Å². The fourth-order valence-corrected chi connectivity index (χ4v) is 7.77. The maximum Gasteiger partial charge on any atom is 0.472 e. The molecular weight excluding hydrogens is 792 g/mol. The van der Waals surface area contributed by atoms with Crippen LogP contribution in [0.5, 0.6) is 0 Å². The minimum Gasteiger partial charge on any atom is -0.391 e. The van der Waals surface area contributed by atoms with Crippen molar-refractivity contribution in [2.45, 2.75) is 225 Å². The number of carbonyl (C=O) groups excluding carboxylic acids is 1. The molecule has 358 valence electrons. The maximum absolute atomic E-state index is 12.8. The number of phosphoric ester groups is 1. The lowest BCUT2D eigenvalue weighted by Crippen LogP contribution is -2.46. The second-order valence-corrected chi connectivity index (χ2v) is 18.1. The molecule has 0 fully saturated rings.